The number of ketones is 1. The molecule has 0 radical (unpaired) electrons. The van der Waals surface area contributed by atoms with Crippen LogP contribution in [0, 0.1) is 0 Å². The van der Waals surface area contributed by atoms with Gasteiger partial charge in [-0.3, -0.25) is 4.79 Å². The average molecular weight is 425 g/mol. The van der Waals surface area contributed by atoms with Crippen molar-refractivity contribution in [2.24, 2.45) is 5.11 Å². The van der Waals surface area contributed by atoms with E-state index in [0.29, 0.717) is 0 Å². The summed E-state index contributed by atoms with van der Waals surface area (Å²) in [4.78, 5) is 14.5. The molecule has 0 unspecified atom stereocenters. The Bertz CT molecular complexity index is 660. The molecule has 2 rings (SSSR count). The molecule has 0 bridgehead atoms. The van der Waals surface area contributed by atoms with Crippen LogP contribution in [0.4, 0.5) is 0 Å². The monoisotopic (exact) mass is 425 g/mol. The molecule has 2 saturated heterocycles. The molecule has 166 valence electrons. The second-order valence-corrected chi connectivity index (χ2v) is 6.71. The molecule has 15 nitrogen and oxygen atoms in total. The molecule has 29 heavy (non-hydrogen) atoms. The second-order valence-electron chi connectivity index (χ2n) is 6.71. The number of Topliss-reactive ketones (excluding diaryl/α,β-unsaturated/α-hetero) is 1. The molecule has 2 fully saturated rings. The van der Waals surface area contributed by atoms with Crippen LogP contribution in [0.3, 0.4) is 0 Å². The van der Waals surface area contributed by atoms with Crippen molar-refractivity contribution in [3.05, 3.63) is 10.4 Å². The molecule has 15 heteroatoms. The number of azide groups is 1. The summed E-state index contributed by atoms with van der Waals surface area (Å²) in [6.45, 7) is -1.29. The van der Waals surface area contributed by atoms with E-state index in [1.54, 1.807) is 0 Å². The zero-order valence-corrected chi connectivity index (χ0v) is 15.1. The van der Waals surface area contributed by atoms with E-state index in [0.717, 1.165) is 6.92 Å². The highest BCUT2D eigenvalue weighted by Gasteiger charge is 2.67. The lowest BCUT2D eigenvalue weighted by atomic mass is 9.79. The zero-order chi connectivity index (χ0) is 22.1. The van der Waals surface area contributed by atoms with E-state index in [9.17, 15) is 45.6 Å². The van der Waals surface area contributed by atoms with Gasteiger partial charge in [0.15, 0.2) is 24.0 Å². The number of ether oxygens (including phenoxy) is 3. The van der Waals surface area contributed by atoms with Gasteiger partial charge in [0.05, 0.1) is 13.2 Å². The number of carbonyl (C=O) groups is 1. The minimum Gasteiger partial charge on any atom is -0.394 e. The van der Waals surface area contributed by atoms with E-state index in [4.69, 9.17) is 19.7 Å². The van der Waals surface area contributed by atoms with Crippen LogP contribution in [0.5, 0.6) is 0 Å². The lowest BCUT2D eigenvalue weighted by Gasteiger charge is -2.52. The van der Waals surface area contributed by atoms with Crippen molar-refractivity contribution < 1.29 is 59.9 Å². The van der Waals surface area contributed by atoms with Crippen molar-refractivity contribution in [2.75, 3.05) is 13.2 Å². The van der Waals surface area contributed by atoms with Crippen molar-refractivity contribution in [3.8, 4) is 0 Å². The number of aliphatic hydroxyl groups is 8. The third-order valence-electron chi connectivity index (χ3n) is 5.05. The Morgan fingerprint density at radius 3 is 2.28 bits per heavy atom. The molecule has 0 aromatic rings. The van der Waals surface area contributed by atoms with E-state index < -0.39 is 79.5 Å². The van der Waals surface area contributed by atoms with Crippen molar-refractivity contribution >= 4 is 5.78 Å². The van der Waals surface area contributed by atoms with Crippen LogP contribution in [-0.2, 0) is 19.0 Å². The lowest BCUT2D eigenvalue weighted by molar-refractivity contribution is -0.384. The number of nitrogens with zero attached hydrogens (tertiary/aromatic N) is 3. The molecule has 10 atom stereocenters. The van der Waals surface area contributed by atoms with Gasteiger partial charge < -0.3 is 55.1 Å². The highest BCUT2D eigenvalue weighted by atomic mass is 16.7. The predicted molar refractivity (Wildman–Crippen MR) is 86.3 cm³/mol. The standard InChI is InChI=1S/C14H23N3O12/c1-4(20)13(3-19)14(26,16-17-15)10(24)8(23)12(29-13)28-9-5(2-18)27-11(25)7(22)6(9)21/h5-12,18-19,21-26H,2-3H2,1H3/t5-,6-,7-,8-,9-,10+,11-,12+,13+,14-/m1/s1. The SMILES string of the molecule is CC(=O)[C@]1(CO)O[C@H](O[C@H]2[C@H](O)[C@@H](O)[C@H](O)O[C@@H]2CO)[C@H](O)[C@H](O)[C@]1(O)N=[N+]=[N-]. The molecular weight excluding hydrogens is 402 g/mol. The summed E-state index contributed by atoms with van der Waals surface area (Å²) in [5.41, 5.74) is 2.78. The minimum absolute atomic E-state index is 0.822. The van der Waals surface area contributed by atoms with Crippen LogP contribution in [0.25, 0.3) is 10.4 Å². The Balaban J connectivity index is 2.41. The lowest BCUT2D eigenvalue weighted by Crippen LogP contribution is -2.76. The van der Waals surface area contributed by atoms with E-state index in [1.165, 1.54) is 0 Å². The van der Waals surface area contributed by atoms with Crippen LogP contribution < -0.4 is 0 Å². The van der Waals surface area contributed by atoms with Crippen molar-refractivity contribution in [1.82, 2.24) is 0 Å². The van der Waals surface area contributed by atoms with Crippen LogP contribution in [-0.4, -0.2) is 120 Å². The van der Waals surface area contributed by atoms with Crippen LogP contribution in [0.1, 0.15) is 6.92 Å². The summed E-state index contributed by atoms with van der Waals surface area (Å²) >= 11 is 0. The fourth-order valence-electron chi connectivity index (χ4n) is 3.29. The van der Waals surface area contributed by atoms with Gasteiger partial charge in [-0.1, -0.05) is 5.11 Å². The van der Waals surface area contributed by atoms with Gasteiger partial charge in [0, 0.05) is 4.91 Å². The number of carbonyl (C=O) groups excluding carboxylic acids is 1. The quantitative estimate of drug-likeness (QED) is 0.113. The summed E-state index contributed by atoms with van der Waals surface area (Å²) in [6, 6.07) is 0. The topological polar surface area (TPSA) is 255 Å². The molecule has 0 aromatic heterocycles. The van der Waals surface area contributed by atoms with Crippen LogP contribution >= 0.6 is 0 Å². The summed E-state index contributed by atoms with van der Waals surface area (Å²) in [5.74, 6) is -1.11. The molecule has 0 spiro atoms. The summed E-state index contributed by atoms with van der Waals surface area (Å²) in [6.07, 6.45) is -15.4. The zero-order valence-electron chi connectivity index (χ0n) is 15.1. The molecule has 0 saturated carbocycles. The van der Waals surface area contributed by atoms with Crippen LogP contribution in [0.15, 0.2) is 5.11 Å². The van der Waals surface area contributed by atoms with Gasteiger partial charge in [0.25, 0.3) is 0 Å². The van der Waals surface area contributed by atoms with Crippen molar-refractivity contribution in [3.63, 3.8) is 0 Å². The average Bonchev–Trinajstić information content (AvgIpc) is 2.68. The summed E-state index contributed by atoms with van der Waals surface area (Å²) in [5, 5.41) is 82.5. The molecular formula is C14H23N3O12. The maximum Gasteiger partial charge on any atom is 0.211 e. The first-order chi connectivity index (χ1) is 13.5. The molecule has 0 aliphatic carbocycles. The molecule has 2 aliphatic heterocycles. The molecule has 2 heterocycles. The maximum atomic E-state index is 12.1. The van der Waals surface area contributed by atoms with Gasteiger partial charge in [0.1, 0.15) is 36.6 Å². The van der Waals surface area contributed by atoms with Crippen molar-refractivity contribution in [1.29, 1.82) is 0 Å². The predicted octanol–water partition coefficient (Wildman–Crippen LogP) is -4.80. The number of rotatable bonds is 6. The normalized spacial score (nSPS) is 48.0. The number of aliphatic hydroxyl groups excluding tert-OH is 7. The highest BCUT2D eigenvalue weighted by molar-refractivity contribution is 5.87. The first kappa shape index (κ1) is 23.8. The van der Waals surface area contributed by atoms with Gasteiger partial charge >= 0.3 is 0 Å². The Hall–Kier alpha value is -1.46. The highest BCUT2D eigenvalue weighted by Crippen LogP contribution is 2.41. The smallest absolute Gasteiger partial charge is 0.211 e. The second kappa shape index (κ2) is 8.73. The van der Waals surface area contributed by atoms with E-state index >= 15 is 0 Å². The fraction of sp³-hybridized carbons (Fsp3) is 0.929. The van der Waals surface area contributed by atoms with Crippen LogP contribution in [0.2, 0.25) is 0 Å². The summed E-state index contributed by atoms with van der Waals surface area (Å²) in [7, 11) is 0. The van der Waals surface area contributed by atoms with E-state index in [1.807, 2.05) is 0 Å². The summed E-state index contributed by atoms with van der Waals surface area (Å²) < 4.78 is 15.4. The van der Waals surface area contributed by atoms with Crippen molar-refractivity contribution in [2.45, 2.75) is 67.5 Å². The fourth-order valence-corrected chi connectivity index (χ4v) is 3.29. The first-order valence-electron chi connectivity index (χ1n) is 8.41. The maximum absolute atomic E-state index is 12.1. The third-order valence-corrected chi connectivity index (χ3v) is 5.05. The van der Waals surface area contributed by atoms with Gasteiger partial charge in [-0.15, -0.1) is 0 Å². The van der Waals surface area contributed by atoms with Gasteiger partial charge in [-0.25, -0.2) is 0 Å². The van der Waals surface area contributed by atoms with E-state index in [-0.39, 0.29) is 0 Å². The Morgan fingerprint density at radius 1 is 1.17 bits per heavy atom. The van der Waals surface area contributed by atoms with E-state index in [2.05, 4.69) is 10.0 Å². The largest absolute Gasteiger partial charge is 0.394 e. The molecule has 0 aromatic carbocycles. The molecule has 2 aliphatic rings. The van der Waals surface area contributed by atoms with Gasteiger partial charge in [-0.2, -0.15) is 0 Å². The Morgan fingerprint density at radius 2 is 1.79 bits per heavy atom. The Labute approximate surface area is 162 Å². The number of hydrogen-bond acceptors (Lipinski definition) is 13. The molecule has 0 amide bonds. The third kappa shape index (κ3) is 3.72. The Kier molecular flexibility index (Phi) is 7.17. The van der Waals surface area contributed by atoms with Gasteiger partial charge in [0.2, 0.25) is 5.72 Å². The van der Waals surface area contributed by atoms with Gasteiger partial charge in [-0.05, 0) is 12.5 Å². The minimum atomic E-state index is -3.13. The molecule has 8 N–H and O–H groups in total. The number of hydrogen-bond donors (Lipinski definition) is 8. The first-order valence-corrected chi connectivity index (χ1v) is 8.41.